The van der Waals surface area contributed by atoms with Crippen LogP contribution in [0.5, 0.6) is 11.6 Å². The van der Waals surface area contributed by atoms with Crippen LogP contribution in [0.25, 0.3) is 21.9 Å². The van der Waals surface area contributed by atoms with Gasteiger partial charge in [0, 0.05) is 5.39 Å². The summed E-state index contributed by atoms with van der Waals surface area (Å²) in [4.78, 5) is 26.2. The summed E-state index contributed by atoms with van der Waals surface area (Å²) in [6.45, 7) is 6.68. The minimum Gasteiger partial charge on any atom is -0.479 e. The zero-order valence-corrected chi connectivity index (χ0v) is 29.7. The number of carbonyl (C=O) groups is 1. The number of esters is 1. The van der Waals surface area contributed by atoms with Crippen LogP contribution in [0.2, 0.25) is 0 Å². The number of fused-ring (bicyclic) bond motifs is 2. The van der Waals surface area contributed by atoms with Gasteiger partial charge in [0.15, 0.2) is 17.4 Å². The number of hydrogen-bond donors (Lipinski definition) is 4. The predicted molar refractivity (Wildman–Crippen MR) is 188 cm³/mol. The van der Waals surface area contributed by atoms with E-state index in [1.54, 1.807) is 48.5 Å². The van der Waals surface area contributed by atoms with Crippen molar-refractivity contribution >= 4 is 41.6 Å². The summed E-state index contributed by atoms with van der Waals surface area (Å²) in [5, 5.41) is 27.1. The average Bonchev–Trinajstić information content (AvgIpc) is 3.61. The number of ether oxygens (including phenoxy) is 3. The Morgan fingerprint density at radius 1 is 1.10 bits per heavy atom. The van der Waals surface area contributed by atoms with Crippen molar-refractivity contribution in [3.8, 4) is 11.6 Å². The second kappa shape index (κ2) is 14.2. The van der Waals surface area contributed by atoms with Crippen LogP contribution in [-0.2, 0) is 23.4 Å². The first-order chi connectivity index (χ1) is 24.2. The van der Waals surface area contributed by atoms with Crippen molar-refractivity contribution in [2.45, 2.75) is 57.8 Å². The average molecular weight is 721 g/mol. The van der Waals surface area contributed by atoms with Gasteiger partial charge in [-0.15, -0.1) is 0 Å². The molecule has 2 aromatic heterocycles. The molecule has 1 aliphatic heterocycles. The van der Waals surface area contributed by atoms with Gasteiger partial charge in [0.2, 0.25) is 11.8 Å². The summed E-state index contributed by atoms with van der Waals surface area (Å²) in [7, 11) is -3.14. The highest BCUT2D eigenvalue weighted by Crippen LogP contribution is 2.50. The van der Waals surface area contributed by atoms with E-state index in [-0.39, 0.29) is 40.8 Å². The van der Waals surface area contributed by atoms with Crippen molar-refractivity contribution in [3.05, 3.63) is 84.7 Å². The maximum absolute atomic E-state index is 14.9. The van der Waals surface area contributed by atoms with Gasteiger partial charge in [0.25, 0.3) is 0 Å². The maximum Gasteiger partial charge on any atom is 0.459 e. The summed E-state index contributed by atoms with van der Waals surface area (Å²) in [5.74, 6) is -0.482. The topological polar surface area (TPSA) is 202 Å². The molecule has 5 aromatic rings. The lowest BCUT2D eigenvalue weighted by Gasteiger charge is -2.28. The van der Waals surface area contributed by atoms with E-state index in [1.165, 1.54) is 24.9 Å². The van der Waals surface area contributed by atoms with Crippen molar-refractivity contribution in [2.24, 2.45) is 5.41 Å². The molecule has 0 bridgehead atoms. The monoisotopic (exact) mass is 720 g/mol. The van der Waals surface area contributed by atoms with Crippen LogP contribution < -0.4 is 20.1 Å². The molecule has 0 aliphatic carbocycles. The van der Waals surface area contributed by atoms with Crippen molar-refractivity contribution < 1.29 is 42.8 Å². The van der Waals surface area contributed by atoms with Gasteiger partial charge in [0.05, 0.1) is 26.7 Å². The van der Waals surface area contributed by atoms with Crippen LogP contribution in [0.3, 0.4) is 0 Å². The Bertz CT molecular complexity index is 2060. The summed E-state index contributed by atoms with van der Waals surface area (Å²) in [5.41, 5.74) is 4.50. The van der Waals surface area contributed by atoms with Gasteiger partial charge >= 0.3 is 13.7 Å². The predicted octanol–water partition coefficient (Wildman–Crippen LogP) is 4.70. The molecule has 6 atom stereocenters. The molecular weight excluding hydrogens is 679 g/mol. The number of nitrogen functional groups attached to an aromatic ring is 1. The number of nitrogens with one attached hydrogen (secondary N) is 1. The van der Waals surface area contributed by atoms with Crippen molar-refractivity contribution in [1.82, 2.24) is 24.6 Å². The number of aliphatic hydroxyl groups excluding tert-OH is 1. The molecule has 16 heteroatoms. The number of anilines is 1. The highest BCUT2D eigenvalue weighted by molar-refractivity contribution is 7.52. The lowest BCUT2D eigenvalue weighted by molar-refractivity contribution is -0.148. The minimum absolute atomic E-state index is 0.0934. The van der Waals surface area contributed by atoms with Crippen LogP contribution in [0, 0.1) is 5.41 Å². The van der Waals surface area contributed by atoms with Crippen molar-refractivity contribution in [1.29, 1.82) is 0 Å². The normalized spacial score (nSPS) is 22.5. The molecule has 3 heterocycles. The number of methoxy groups -OCH3 is 1. The molecule has 6 rings (SSSR count). The van der Waals surface area contributed by atoms with Crippen LogP contribution in [0.1, 0.15) is 45.5 Å². The lowest BCUT2D eigenvalue weighted by Crippen LogP contribution is -2.44. The van der Waals surface area contributed by atoms with Crippen molar-refractivity contribution in [2.75, 3.05) is 26.1 Å². The number of hydrogen-bond acceptors (Lipinski definition) is 13. The minimum atomic E-state index is -4.54. The molecule has 1 fully saturated rings. The standard InChI is InChI=1S/C35H41N6O9P/c1-34(2,3)19-47-31(43)26(22-13-7-6-8-14-22)40-51(45,50-24-17-11-15-21-12-9-10-16-23(21)24)48-18-25-28(42)35(4,44)32(49-25)41-20-37-27-29(41)38-33(36)39-30(27)46-5/h6-17,20,25-26,28,32,42,44H,18-19H2,1-5H3,(H,40,45)(H2,36,38,39). The molecule has 51 heavy (non-hydrogen) atoms. The lowest BCUT2D eigenvalue weighted by atomic mass is 9.96. The number of rotatable bonds is 12. The van der Waals surface area contributed by atoms with E-state index in [9.17, 15) is 19.6 Å². The van der Waals surface area contributed by atoms with Gasteiger partial charge < -0.3 is 34.7 Å². The fraction of sp³-hybridized carbons (Fsp3) is 0.371. The number of carbonyl (C=O) groups excluding carboxylic acids is 1. The van der Waals surface area contributed by atoms with E-state index in [0.717, 1.165) is 5.39 Å². The molecule has 0 spiro atoms. The Hall–Kier alpha value is -4.63. The third-order valence-electron chi connectivity index (χ3n) is 8.29. The first kappa shape index (κ1) is 36.2. The molecule has 0 radical (unpaired) electrons. The zero-order valence-electron chi connectivity index (χ0n) is 28.8. The van der Waals surface area contributed by atoms with Gasteiger partial charge in [-0.3, -0.25) is 9.09 Å². The van der Waals surface area contributed by atoms with E-state index < -0.39 is 50.4 Å². The fourth-order valence-corrected chi connectivity index (χ4v) is 7.21. The van der Waals surface area contributed by atoms with Crippen LogP contribution in [0.15, 0.2) is 79.1 Å². The Morgan fingerprint density at radius 3 is 2.53 bits per heavy atom. The Morgan fingerprint density at radius 2 is 1.80 bits per heavy atom. The number of aliphatic hydroxyl groups is 2. The Labute approximate surface area is 294 Å². The van der Waals surface area contributed by atoms with Gasteiger partial charge in [0.1, 0.15) is 29.6 Å². The van der Waals surface area contributed by atoms with Gasteiger partial charge in [-0.25, -0.2) is 14.3 Å². The summed E-state index contributed by atoms with van der Waals surface area (Å²) in [6.07, 6.45) is -2.72. The maximum atomic E-state index is 14.9. The first-order valence-electron chi connectivity index (χ1n) is 16.2. The SMILES string of the molecule is COc1nc(N)nc2c1ncn2C1OC(COP(=O)(NC(C(=O)OCC(C)(C)C)c2ccccc2)Oc2cccc3ccccc23)C(O)C1(C)O. The smallest absolute Gasteiger partial charge is 0.459 e. The second-order valence-electron chi connectivity index (χ2n) is 13.6. The quantitative estimate of drug-likeness (QED) is 0.102. The molecule has 0 saturated carbocycles. The Kier molecular flexibility index (Phi) is 10.1. The fourth-order valence-electron chi connectivity index (χ4n) is 5.70. The molecule has 3 aromatic carbocycles. The summed E-state index contributed by atoms with van der Waals surface area (Å²) >= 11 is 0. The van der Waals surface area contributed by atoms with Gasteiger partial charge in [-0.05, 0) is 29.4 Å². The zero-order chi connectivity index (χ0) is 36.6. The summed E-state index contributed by atoms with van der Waals surface area (Å²) < 4.78 is 45.6. The van der Waals surface area contributed by atoms with E-state index in [0.29, 0.717) is 10.9 Å². The van der Waals surface area contributed by atoms with Crippen molar-refractivity contribution in [3.63, 3.8) is 0 Å². The third kappa shape index (κ3) is 7.69. The summed E-state index contributed by atoms with van der Waals surface area (Å²) in [6, 6.07) is 19.9. The van der Waals surface area contributed by atoms with Gasteiger partial charge in [-0.1, -0.05) is 87.5 Å². The van der Waals surface area contributed by atoms with E-state index in [4.69, 9.17) is 29.0 Å². The van der Waals surface area contributed by atoms with Crippen LogP contribution >= 0.6 is 7.75 Å². The highest BCUT2D eigenvalue weighted by Gasteiger charge is 2.54. The molecule has 270 valence electrons. The molecule has 15 nitrogen and oxygen atoms in total. The number of nitrogens with two attached hydrogens (primary N) is 1. The number of benzene rings is 3. The molecule has 0 amide bonds. The molecule has 1 saturated heterocycles. The van der Waals surface area contributed by atoms with Gasteiger partial charge in [-0.2, -0.15) is 15.1 Å². The van der Waals surface area contributed by atoms with E-state index >= 15 is 0 Å². The molecule has 1 aliphatic rings. The third-order valence-corrected chi connectivity index (χ3v) is 9.79. The largest absolute Gasteiger partial charge is 0.479 e. The number of aromatic nitrogens is 4. The molecule has 6 unspecified atom stereocenters. The first-order valence-corrected chi connectivity index (χ1v) is 17.7. The second-order valence-corrected chi connectivity index (χ2v) is 15.3. The van der Waals surface area contributed by atoms with E-state index in [2.05, 4.69) is 20.0 Å². The van der Waals surface area contributed by atoms with Crippen LogP contribution in [-0.4, -0.2) is 73.8 Å². The molecular formula is C35H41N6O9P. The van der Waals surface area contributed by atoms with Crippen LogP contribution in [0.4, 0.5) is 5.95 Å². The number of nitrogens with zero attached hydrogens (tertiary/aromatic N) is 4. The van der Waals surface area contributed by atoms with E-state index in [1.807, 2.05) is 45.0 Å². The number of imidazole rings is 1. The highest BCUT2D eigenvalue weighted by atomic mass is 31.2. The Balaban J connectivity index is 1.33. The molecule has 5 N–H and O–H groups in total.